The lowest BCUT2D eigenvalue weighted by molar-refractivity contribution is 0.0606. The topological polar surface area (TPSA) is 61.9 Å². The molecular weight excluding hydrogens is 435 g/mol. The summed E-state index contributed by atoms with van der Waals surface area (Å²) in [7, 11) is 0. The number of hydrogen-bond acceptors (Lipinski definition) is 4. The molecule has 1 fully saturated rings. The Morgan fingerprint density at radius 3 is 2.79 bits per heavy atom. The maximum atomic E-state index is 13.9. The van der Waals surface area contributed by atoms with Crippen molar-refractivity contribution in [2.24, 2.45) is 0 Å². The first kappa shape index (κ1) is 21.5. The lowest BCUT2D eigenvalue weighted by Crippen LogP contribution is -2.45. The number of rotatable bonds is 5. The van der Waals surface area contributed by atoms with Crippen LogP contribution in [0, 0.1) is 12.7 Å². The van der Waals surface area contributed by atoms with Gasteiger partial charge in [0.2, 0.25) is 0 Å². The Morgan fingerprint density at radius 2 is 1.97 bits per heavy atom. The third-order valence-corrected chi connectivity index (χ3v) is 7.07. The molecule has 2 aromatic carbocycles. The Labute approximate surface area is 196 Å². The zero-order valence-corrected chi connectivity index (χ0v) is 19.2. The first-order chi connectivity index (χ1) is 16.1. The number of amides is 1. The van der Waals surface area contributed by atoms with E-state index in [4.69, 9.17) is 0 Å². The van der Waals surface area contributed by atoms with E-state index in [1.807, 2.05) is 54.4 Å². The number of carbonyl (C=O) groups is 1. The van der Waals surface area contributed by atoms with Crippen molar-refractivity contribution in [3.05, 3.63) is 83.1 Å². The highest BCUT2D eigenvalue weighted by atomic mass is 32.1. The number of nitrogens with one attached hydrogen (secondary N) is 1. The van der Waals surface area contributed by atoms with Crippen LogP contribution in [0.1, 0.15) is 40.6 Å². The largest absolute Gasteiger partial charge is 0.342 e. The molecule has 5 nitrogen and oxygen atoms in total. The number of benzene rings is 2. The van der Waals surface area contributed by atoms with Crippen molar-refractivity contribution in [2.75, 3.05) is 6.54 Å². The smallest absolute Gasteiger partial charge is 0.274 e. The standard InChI is InChI=1S/C26H25FN4OS/c1-17-29-24(25(33-17)19-10-7-11-20(27)14-19)26(32)31-13-6-5-12-21(31)15-23-28-16-22(30-23)18-8-3-2-4-9-18/h2-4,7-11,14,16,21H,5-6,12-13,15H2,1H3,(H,28,30). The zero-order chi connectivity index (χ0) is 22.8. The second-order valence-corrected chi connectivity index (χ2v) is 9.59. The first-order valence-electron chi connectivity index (χ1n) is 11.2. The van der Waals surface area contributed by atoms with Gasteiger partial charge in [-0.3, -0.25) is 4.79 Å². The minimum absolute atomic E-state index is 0.0448. The molecular formula is C26H25FN4OS. The maximum absolute atomic E-state index is 13.9. The Bertz CT molecular complexity index is 1270. The van der Waals surface area contributed by atoms with Crippen molar-refractivity contribution in [3.63, 3.8) is 0 Å². The van der Waals surface area contributed by atoms with E-state index in [1.165, 1.54) is 23.5 Å². The van der Waals surface area contributed by atoms with E-state index in [0.717, 1.165) is 46.2 Å². The fourth-order valence-corrected chi connectivity index (χ4v) is 5.37. The average Bonchev–Trinajstić information content (AvgIpc) is 3.46. The summed E-state index contributed by atoms with van der Waals surface area (Å²) >= 11 is 1.43. The molecule has 3 heterocycles. The summed E-state index contributed by atoms with van der Waals surface area (Å²) in [5, 5.41) is 0.796. The van der Waals surface area contributed by atoms with Gasteiger partial charge in [-0.25, -0.2) is 14.4 Å². The highest BCUT2D eigenvalue weighted by molar-refractivity contribution is 7.15. The van der Waals surface area contributed by atoms with Gasteiger partial charge in [-0.1, -0.05) is 42.5 Å². The molecule has 0 bridgehead atoms. The molecule has 4 aromatic rings. The molecule has 1 amide bonds. The number of thiazole rings is 1. The van der Waals surface area contributed by atoms with Crippen LogP contribution in [-0.2, 0) is 6.42 Å². The van der Waals surface area contributed by atoms with E-state index in [0.29, 0.717) is 24.2 Å². The number of piperidine rings is 1. The maximum Gasteiger partial charge on any atom is 0.274 e. The minimum atomic E-state index is -0.320. The monoisotopic (exact) mass is 460 g/mol. The van der Waals surface area contributed by atoms with Gasteiger partial charge >= 0.3 is 0 Å². The number of imidazole rings is 1. The molecule has 1 aliphatic heterocycles. The summed E-state index contributed by atoms with van der Waals surface area (Å²) in [6.45, 7) is 2.57. The van der Waals surface area contributed by atoms with Crippen molar-refractivity contribution >= 4 is 17.2 Å². The van der Waals surface area contributed by atoms with Crippen molar-refractivity contribution in [3.8, 4) is 21.7 Å². The molecule has 5 rings (SSSR count). The van der Waals surface area contributed by atoms with Crippen LogP contribution in [0.3, 0.4) is 0 Å². The predicted octanol–water partition coefficient (Wildman–Crippen LogP) is 5.89. The minimum Gasteiger partial charge on any atom is -0.342 e. The van der Waals surface area contributed by atoms with E-state index < -0.39 is 0 Å². The number of aromatic amines is 1. The lowest BCUT2D eigenvalue weighted by atomic mass is 9.98. The van der Waals surface area contributed by atoms with Gasteiger partial charge in [-0.15, -0.1) is 11.3 Å². The number of hydrogen-bond donors (Lipinski definition) is 1. The molecule has 0 spiro atoms. The predicted molar refractivity (Wildman–Crippen MR) is 129 cm³/mol. The van der Waals surface area contributed by atoms with Gasteiger partial charge in [0.15, 0.2) is 0 Å². The van der Waals surface area contributed by atoms with E-state index in [9.17, 15) is 9.18 Å². The number of carbonyl (C=O) groups excluding carboxylic acids is 1. The van der Waals surface area contributed by atoms with Crippen molar-refractivity contribution < 1.29 is 9.18 Å². The molecule has 7 heteroatoms. The second kappa shape index (κ2) is 9.27. The van der Waals surface area contributed by atoms with Crippen LogP contribution >= 0.6 is 11.3 Å². The number of aryl methyl sites for hydroxylation is 1. The van der Waals surface area contributed by atoms with Crippen LogP contribution in [0.5, 0.6) is 0 Å². The fourth-order valence-electron chi connectivity index (χ4n) is 4.47. The van der Waals surface area contributed by atoms with Gasteiger partial charge in [-0.05, 0) is 49.4 Å². The fraction of sp³-hybridized carbons (Fsp3) is 0.269. The zero-order valence-electron chi connectivity index (χ0n) is 18.4. The highest BCUT2D eigenvalue weighted by Gasteiger charge is 2.31. The summed E-state index contributed by atoms with van der Waals surface area (Å²) < 4.78 is 13.9. The van der Waals surface area contributed by atoms with E-state index >= 15 is 0 Å². The molecule has 1 atom stereocenters. The third kappa shape index (κ3) is 4.59. The summed E-state index contributed by atoms with van der Waals surface area (Å²) in [6, 6.07) is 16.5. The summed E-state index contributed by atoms with van der Waals surface area (Å²) in [6.07, 6.45) is 5.48. The SMILES string of the molecule is Cc1nc(C(=O)N2CCCCC2Cc2ncc(-c3ccccc3)[nH]2)c(-c2cccc(F)c2)s1. The number of likely N-dealkylation sites (tertiary alicyclic amines) is 1. The van der Waals surface area contributed by atoms with Gasteiger partial charge in [0, 0.05) is 19.0 Å². The average molecular weight is 461 g/mol. The normalized spacial score (nSPS) is 16.2. The van der Waals surface area contributed by atoms with Gasteiger partial charge < -0.3 is 9.88 Å². The van der Waals surface area contributed by atoms with E-state index in [-0.39, 0.29) is 17.8 Å². The Morgan fingerprint density at radius 1 is 1.15 bits per heavy atom. The van der Waals surface area contributed by atoms with Crippen LogP contribution in [0.25, 0.3) is 21.7 Å². The Kier molecular flexibility index (Phi) is 6.05. The number of aromatic nitrogens is 3. The highest BCUT2D eigenvalue weighted by Crippen LogP contribution is 2.33. The van der Waals surface area contributed by atoms with Gasteiger partial charge in [0.1, 0.15) is 17.3 Å². The summed E-state index contributed by atoms with van der Waals surface area (Å²) in [5.41, 5.74) is 3.17. The molecule has 33 heavy (non-hydrogen) atoms. The summed E-state index contributed by atoms with van der Waals surface area (Å²) in [4.78, 5) is 28.9. The van der Waals surface area contributed by atoms with Crippen LogP contribution in [0.4, 0.5) is 4.39 Å². The molecule has 1 aliphatic rings. The quantitative estimate of drug-likeness (QED) is 0.404. The molecule has 0 aliphatic carbocycles. The van der Waals surface area contributed by atoms with Crippen LogP contribution in [0.2, 0.25) is 0 Å². The van der Waals surface area contributed by atoms with Crippen molar-refractivity contribution in [1.29, 1.82) is 0 Å². The van der Waals surface area contributed by atoms with Gasteiger partial charge in [0.05, 0.1) is 21.8 Å². The molecule has 1 N–H and O–H groups in total. The number of H-pyrrole nitrogens is 1. The molecule has 1 unspecified atom stereocenters. The molecule has 1 saturated heterocycles. The summed E-state index contributed by atoms with van der Waals surface area (Å²) in [5.74, 6) is 0.469. The Balaban J connectivity index is 1.40. The van der Waals surface area contributed by atoms with Crippen LogP contribution < -0.4 is 0 Å². The van der Waals surface area contributed by atoms with Gasteiger partial charge in [-0.2, -0.15) is 0 Å². The third-order valence-electron chi connectivity index (χ3n) is 6.05. The van der Waals surface area contributed by atoms with Crippen molar-refractivity contribution in [1.82, 2.24) is 19.9 Å². The first-order valence-corrected chi connectivity index (χ1v) is 12.0. The molecule has 0 saturated carbocycles. The van der Waals surface area contributed by atoms with Crippen molar-refractivity contribution in [2.45, 2.75) is 38.6 Å². The second-order valence-electron chi connectivity index (χ2n) is 8.38. The molecule has 0 radical (unpaired) electrons. The lowest BCUT2D eigenvalue weighted by Gasteiger charge is -2.35. The molecule has 168 valence electrons. The number of halogens is 1. The van der Waals surface area contributed by atoms with Gasteiger partial charge in [0.25, 0.3) is 5.91 Å². The van der Waals surface area contributed by atoms with Crippen LogP contribution in [-0.4, -0.2) is 38.3 Å². The van der Waals surface area contributed by atoms with E-state index in [2.05, 4.69) is 15.0 Å². The van der Waals surface area contributed by atoms with E-state index in [1.54, 1.807) is 6.07 Å². The Hall–Kier alpha value is -3.32. The van der Waals surface area contributed by atoms with Crippen LogP contribution in [0.15, 0.2) is 60.8 Å². The number of nitrogens with zero attached hydrogens (tertiary/aromatic N) is 3. The molecule has 2 aromatic heterocycles.